The van der Waals surface area contributed by atoms with Crippen molar-refractivity contribution in [1.82, 2.24) is 5.32 Å². The van der Waals surface area contributed by atoms with Crippen LogP contribution < -0.4 is 5.32 Å². The summed E-state index contributed by atoms with van der Waals surface area (Å²) in [6.07, 6.45) is 2.02. The minimum Gasteiger partial charge on any atom is -0.381 e. The van der Waals surface area contributed by atoms with Crippen LogP contribution in [0.4, 0.5) is 0 Å². The zero-order valence-electron chi connectivity index (χ0n) is 11.8. The Kier molecular flexibility index (Phi) is 5.24. The van der Waals surface area contributed by atoms with E-state index in [4.69, 9.17) is 15.4 Å². The number of nitrogens with one attached hydrogen (secondary N) is 1. The average molecular weight is 332 g/mol. The van der Waals surface area contributed by atoms with Crippen molar-refractivity contribution in [3.05, 3.63) is 29.3 Å². The fraction of sp³-hybridized carbons (Fsp3) is 0.500. The molecule has 0 aliphatic carbocycles. The average Bonchev–Trinajstić information content (AvgIpc) is 2.44. The fourth-order valence-electron chi connectivity index (χ4n) is 2.33. The highest BCUT2D eigenvalue weighted by molar-refractivity contribution is 8.13. The van der Waals surface area contributed by atoms with Crippen LogP contribution >= 0.6 is 10.7 Å². The molecular formula is C14H18ClNO4S. The van der Waals surface area contributed by atoms with E-state index in [1.165, 1.54) is 12.1 Å². The molecule has 1 fully saturated rings. The van der Waals surface area contributed by atoms with Crippen molar-refractivity contribution in [2.24, 2.45) is 5.92 Å². The summed E-state index contributed by atoms with van der Waals surface area (Å²) in [5, 5.41) is 2.82. The Balaban J connectivity index is 2.06. The lowest BCUT2D eigenvalue weighted by atomic mass is 10.0. The van der Waals surface area contributed by atoms with Crippen LogP contribution in [-0.2, 0) is 13.8 Å². The van der Waals surface area contributed by atoms with Crippen LogP contribution in [0.1, 0.15) is 28.8 Å². The number of ether oxygens (including phenoxy) is 1. The van der Waals surface area contributed by atoms with Crippen molar-refractivity contribution in [2.75, 3.05) is 19.8 Å². The van der Waals surface area contributed by atoms with E-state index in [0.717, 1.165) is 19.4 Å². The molecule has 1 aromatic carbocycles. The van der Waals surface area contributed by atoms with Crippen molar-refractivity contribution in [3.8, 4) is 0 Å². The highest BCUT2D eigenvalue weighted by Crippen LogP contribution is 2.19. The number of aryl methyl sites for hydroxylation is 1. The number of carbonyl (C=O) groups is 1. The van der Waals surface area contributed by atoms with Gasteiger partial charge >= 0.3 is 0 Å². The largest absolute Gasteiger partial charge is 0.381 e. The second kappa shape index (κ2) is 6.77. The highest BCUT2D eigenvalue weighted by atomic mass is 35.7. The van der Waals surface area contributed by atoms with Gasteiger partial charge in [-0.25, -0.2) is 8.42 Å². The molecule has 5 nitrogen and oxygen atoms in total. The van der Waals surface area contributed by atoms with Gasteiger partial charge in [-0.3, -0.25) is 4.79 Å². The maximum absolute atomic E-state index is 12.1. The maximum Gasteiger partial charge on any atom is 0.261 e. The smallest absolute Gasteiger partial charge is 0.261 e. The molecule has 0 bridgehead atoms. The molecule has 1 unspecified atom stereocenters. The summed E-state index contributed by atoms with van der Waals surface area (Å²) in [6.45, 7) is 3.67. The summed E-state index contributed by atoms with van der Waals surface area (Å²) >= 11 is 0. The first-order valence-corrected chi connectivity index (χ1v) is 9.09. The normalized spacial score (nSPS) is 19.2. The van der Waals surface area contributed by atoms with Gasteiger partial charge in [0.1, 0.15) is 0 Å². The summed E-state index contributed by atoms with van der Waals surface area (Å²) < 4.78 is 28.1. The SMILES string of the molecule is Cc1cc(C(=O)NCC2CCCOC2)cc(S(=O)(=O)Cl)c1. The van der Waals surface area contributed by atoms with Gasteiger partial charge < -0.3 is 10.1 Å². The molecule has 1 N–H and O–H groups in total. The Morgan fingerprint density at radius 1 is 1.43 bits per heavy atom. The topological polar surface area (TPSA) is 72.5 Å². The van der Waals surface area contributed by atoms with Crippen molar-refractivity contribution >= 4 is 25.6 Å². The Morgan fingerprint density at radius 2 is 2.19 bits per heavy atom. The number of hydrogen-bond donors (Lipinski definition) is 1. The zero-order valence-corrected chi connectivity index (χ0v) is 13.3. The van der Waals surface area contributed by atoms with Gasteiger partial charge in [0.2, 0.25) is 0 Å². The Bertz CT molecular complexity index is 624. The summed E-state index contributed by atoms with van der Waals surface area (Å²) in [6, 6.07) is 4.37. The second-order valence-electron chi connectivity index (χ2n) is 5.27. The number of halogens is 1. The third-order valence-corrected chi connectivity index (χ3v) is 4.73. The molecule has 0 aromatic heterocycles. The minimum atomic E-state index is -3.84. The molecule has 1 heterocycles. The third kappa shape index (κ3) is 4.69. The molecule has 116 valence electrons. The van der Waals surface area contributed by atoms with Crippen molar-refractivity contribution in [2.45, 2.75) is 24.7 Å². The number of carbonyl (C=O) groups excluding carboxylic acids is 1. The molecule has 1 aliphatic rings. The monoisotopic (exact) mass is 331 g/mol. The fourth-order valence-corrected chi connectivity index (χ4v) is 3.19. The Morgan fingerprint density at radius 3 is 2.81 bits per heavy atom. The lowest BCUT2D eigenvalue weighted by molar-refractivity contribution is 0.0536. The van der Waals surface area contributed by atoms with Gasteiger partial charge in [0, 0.05) is 29.4 Å². The van der Waals surface area contributed by atoms with Gasteiger partial charge in [0.15, 0.2) is 0 Å². The van der Waals surface area contributed by atoms with E-state index in [9.17, 15) is 13.2 Å². The van der Waals surface area contributed by atoms with Crippen LogP contribution in [0.15, 0.2) is 23.1 Å². The minimum absolute atomic E-state index is 0.0599. The van der Waals surface area contributed by atoms with E-state index in [1.54, 1.807) is 13.0 Å². The lowest BCUT2D eigenvalue weighted by Gasteiger charge is -2.22. The first-order valence-electron chi connectivity index (χ1n) is 6.78. The van der Waals surface area contributed by atoms with E-state index in [1.807, 2.05) is 0 Å². The van der Waals surface area contributed by atoms with Crippen LogP contribution in [0.25, 0.3) is 0 Å². The standard InChI is InChI=1S/C14H18ClNO4S/c1-10-5-12(7-13(6-10)21(15,18)19)14(17)16-8-11-3-2-4-20-9-11/h5-7,11H,2-4,8-9H2,1H3,(H,16,17). The number of hydrogen-bond acceptors (Lipinski definition) is 4. The van der Waals surface area contributed by atoms with Crippen molar-refractivity contribution < 1.29 is 17.9 Å². The van der Waals surface area contributed by atoms with E-state index < -0.39 is 9.05 Å². The molecule has 1 amide bonds. The van der Waals surface area contributed by atoms with Gasteiger partial charge in [-0.15, -0.1) is 0 Å². The van der Waals surface area contributed by atoms with E-state index in [0.29, 0.717) is 30.2 Å². The summed E-state index contributed by atoms with van der Waals surface area (Å²) in [4.78, 5) is 12.1. The molecule has 1 saturated heterocycles. The first-order chi connectivity index (χ1) is 9.86. The van der Waals surface area contributed by atoms with E-state index in [-0.39, 0.29) is 10.8 Å². The zero-order chi connectivity index (χ0) is 15.5. The van der Waals surface area contributed by atoms with Gasteiger partial charge in [0.25, 0.3) is 15.0 Å². The van der Waals surface area contributed by atoms with Crippen LogP contribution in [-0.4, -0.2) is 34.1 Å². The molecule has 0 spiro atoms. The van der Waals surface area contributed by atoms with Gasteiger partial charge in [-0.2, -0.15) is 0 Å². The molecule has 0 radical (unpaired) electrons. The van der Waals surface area contributed by atoms with Gasteiger partial charge in [0.05, 0.1) is 11.5 Å². The first kappa shape index (κ1) is 16.3. The van der Waals surface area contributed by atoms with Gasteiger partial charge in [-0.1, -0.05) is 0 Å². The molecular weight excluding hydrogens is 314 g/mol. The quantitative estimate of drug-likeness (QED) is 0.857. The Hall–Kier alpha value is -1.11. The second-order valence-corrected chi connectivity index (χ2v) is 7.83. The summed E-state index contributed by atoms with van der Waals surface area (Å²) in [7, 11) is 1.49. The molecule has 7 heteroatoms. The molecule has 21 heavy (non-hydrogen) atoms. The van der Waals surface area contributed by atoms with Crippen LogP contribution in [0.2, 0.25) is 0 Å². The number of amides is 1. The predicted molar refractivity (Wildman–Crippen MR) is 80.1 cm³/mol. The third-order valence-electron chi connectivity index (χ3n) is 3.40. The summed E-state index contributed by atoms with van der Waals surface area (Å²) in [5.41, 5.74) is 0.967. The summed E-state index contributed by atoms with van der Waals surface area (Å²) in [5.74, 6) is 0.00887. The maximum atomic E-state index is 12.1. The predicted octanol–water partition coefficient (Wildman–Crippen LogP) is 2.08. The van der Waals surface area contributed by atoms with E-state index in [2.05, 4.69) is 5.32 Å². The van der Waals surface area contributed by atoms with Crippen molar-refractivity contribution in [1.29, 1.82) is 0 Å². The highest BCUT2D eigenvalue weighted by Gasteiger charge is 2.17. The molecule has 1 aliphatic heterocycles. The molecule has 2 rings (SSSR count). The Labute approximate surface area is 129 Å². The van der Waals surface area contributed by atoms with Gasteiger partial charge in [-0.05, 0) is 49.4 Å². The number of benzene rings is 1. The van der Waals surface area contributed by atoms with Crippen LogP contribution in [0, 0.1) is 12.8 Å². The lowest BCUT2D eigenvalue weighted by Crippen LogP contribution is -2.33. The number of rotatable bonds is 4. The van der Waals surface area contributed by atoms with Crippen LogP contribution in [0.5, 0.6) is 0 Å². The van der Waals surface area contributed by atoms with E-state index >= 15 is 0 Å². The molecule has 1 atom stereocenters. The van der Waals surface area contributed by atoms with Crippen LogP contribution in [0.3, 0.4) is 0 Å². The molecule has 0 saturated carbocycles. The molecule has 1 aromatic rings. The van der Waals surface area contributed by atoms with Crippen molar-refractivity contribution in [3.63, 3.8) is 0 Å².